The van der Waals surface area contributed by atoms with Gasteiger partial charge in [-0.25, -0.2) is 4.79 Å². The maximum Gasteiger partial charge on any atom is 0.331 e. The highest BCUT2D eigenvalue weighted by Crippen LogP contribution is 2.76. The number of aliphatic hydroxyl groups is 14. The summed E-state index contributed by atoms with van der Waals surface area (Å²) in [6.07, 6.45) is -32.8. The summed E-state index contributed by atoms with van der Waals surface area (Å²) in [5.74, 6) is -4.00. The number of fused-ring (bicyclic) bond motifs is 7. The molecule has 5 heterocycles. The summed E-state index contributed by atoms with van der Waals surface area (Å²) in [4.78, 5) is 44.0. The minimum absolute atomic E-state index is 0.00577. The minimum atomic E-state index is -2.25. The number of aliphatic hydroxyl groups excluding tert-OH is 13. The number of carboxylic acid groups (broad SMARTS) is 1. The Morgan fingerprint density at radius 3 is 1.86 bits per heavy atom. The molecule has 11 rings (SSSR count). The number of esters is 2. The quantitative estimate of drug-likeness (QED) is 0.0303. The van der Waals surface area contributed by atoms with Crippen molar-refractivity contribution in [3.05, 3.63) is 35.4 Å². The van der Waals surface area contributed by atoms with Crippen molar-refractivity contribution in [2.45, 2.75) is 253 Å². The van der Waals surface area contributed by atoms with Crippen LogP contribution in [0.3, 0.4) is 0 Å². The van der Waals surface area contributed by atoms with Crippen LogP contribution in [0.25, 0.3) is 6.08 Å². The van der Waals surface area contributed by atoms with Crippen LogP contribution in [-0.4, -0.2) is 296 Å². The fraction of sp³-hybridized carbons (Fsp3) is 0.814. The maximum atomic E-state index is 16.1. The smallest absolute Gasteiger partial charge is 0.331 e. The summed E-state index contributed by atoms with van der Waals surface area (Å²) in [6.45, 7) is 9.25. The molecular formula is C70H104O32. The van der Waals surface area contributed by atoms with Crippen LogP contribution < -0.4 is 14.2 Å². The van der Waals surface area contributed by atoms with Crippen molar-refractivity contribution in [1.29, 1.82) is 0 Å². The molecule has 102 heavy (non-hydrogen) atoms. The van der Waals surface area contributed by atoms with Crippen LogP contribution in [0.2, 0.25) is 0 Å². The fourth-order valence-electron chi connectivity index (χ4n) is 19.2. The number of ether oxygens (including phenoxy) is 14. The highest BCUT2D eigenvalue weighted by atomic mass is 16.8. The predicted molar refractivity (Wildman–Crippen MR) is 344 cm³/mol. The Morgan fingerprint density at radius 2 is 1.24 bits per heavy atom. The van der Waals surface area contributed by atoms with E-state index in [9.17, 15) is 86.2 Å². The molecule has 9 fully saturated rings. The van der Waals surface area contributed by atoms with Crippen molar-refractivity contribution in [1.82, 2.24) is 0 Å². The molecule has 0 bridgehead atoms. The van der Waals surface area contributed by atoms with Gasteiger partial charge in [-0.15, -0.1) is 0 Å². The zero-order chi connectivity index (χ0) is 74.5. The first-order valence-corrected chi connectivity index (χ1v) is 35.0. The molecule has 5 aliphatic heterocycles. The molecule has 32 heteroatoms. The Morgan fingerprint density at radius 1 is 0.608 bits per heavy atom. The summed E-state index contributed by atoms with van der Waals surface area (Å²) >= 11 is 0. The fourth-order valence-corrected chi connectivity index (χ4v) is 19.2. The zero-order valence-corrected chi connectivity index (χ0v) is 58.9. The van der Waals surface area contributed by atoms with Gasteiger partial charge in [-0.2, -0.15) is 0 Å². The van der Waals surface area contributed by atoms with Gasteiger partial charge in [0.05, 0.1) is 83.5 Å². The number of methoxy groups -OCH3 is 3. The van der Waals surface area contributed by atoms with Crippen molar-refractivity contribution in [3.63, 3.8) is 0 Å². The number of rotatable bonds is 20. The van der Waals surface area contributed by atoms with E-state index in [4.69, 9.17) is 66.3 Å². The van der Waals surface area contributed by atoms with Crippen molar-refractivity contribution in [2.75, 3.05) is 54.4 Å². The molecule has 5 saturated heterocycles. The highest BCUT2D eigenvalue weighted by Gasteiger charge is 2.74. The molecular weight excluding hydrogens is 1350 g/mol. The number of carbonyl (C=O) groups is 3. The highest BCUT2D eigenvalue weighted by molar-refractivity contribution is 5.87. The zero-order valence-electron chi connectivity index (χ0n) is 58.9. The Labute approximate surface area is 589 Å². The van der Waals surface area contributed by atoms with Gasteiger partial charge in [-0.3, -0.25) is 9.59 Å². The van der Waals surface area contributed by atoms with Crippen molar-refractivity contribution >= 4 is 24.0 Å². The number of aliphatic carboxylic acids is 1. The van der Waals surface area contributed by atoms with Gasteiger partial charge in [0.2, 0.25) is 12.0 Å². The van der Waals surface area contributed by atoms with Crippen molar-refractivity contribution in [3.8, 4) is 17.2 Å². The van der Waals surface area contributed by atoms with Gasteiger partial charge in [-0.05, 0) is 136 Å². The normalized spacial score (nSPS) is 47.7. The van der Waals surface area contributed by atoms with E-state index in [1.54, 1.807) is 12.1 Å². The van der Waals surface area contributed by atoms with Gasteiger partial charge in [0, 0.05) is 11.5 Å². The molecule has 1 aromatic rings. The molecule has 1 aromatic carbocycles. The van der Waals surface area contributed by atoms with E-state index < -0.39 is 242 Å². The first-order chi connectivity index (χ1) is 48.0. The van der Waals surface area contributed by atoms with Crippen molar-refractivity contribution in [2.24, 2.45) is 50.2 Å². The van der Waals surface area contributed by atoms with Crippen LogP contribution in [0, 0.1) is 50.2 Å². The molecule has 0 radical (unpaired) electrons. The molecule has 4 saturated carbocycles. The van der Waals surface area contributed by atoms with Gasteiger partial charge in [-0.1, -0.05) is 39.3 Å². The molecule has 32 nitrogen and oxygen atoms in total. The summed E-state index contributed by atoms with van der Waals surface area (Å²) in [7, 11) is 4.25. The van der Waals surface area contributed by atoms with Crippen LogP contribution >= 0.6 is 0 Å². The van der Waals surface area contributed by atoms with Crippen LogP contribution in [0.4, 0.5) is 0 Å². The first-order valence-electron chi connectivity index (χ1n) is 35.0. The van der Waals surface area contributed by atoms with E-state index in [1.165, 1.54) is 48.2 Å². The number of hydrogen-bond acceptors (Lipinski definition) is 31. The van der Waals surface area contributed by atoms with Crippen LogP contribution in [0.15, 0.2) is 29.9 Å². The van der Waals surface area contributed by atoms with E-state index in [2.05, 4.69) is 26.8 Å². The van der Waals surface area contributed by atoms with Gasteiger partial charge in [0.15, 0.2) is 48.9 Å². The third-order valence-electron chi connectivity index (χ3n) is 25.1. The van der Waals surface area contributed by atoms with Crippen LogP contribution in [-0.2, 0) is 66.5 Å². The van der Waals surface area contributed by atoms with Crippen LogP contribution in [0.1, 0.15) is 112 Å². The largest absolute Gasteiger partial charge is 0.493 e. The lowest BCUT2D eigenvalue weighted by atomic mass is 9.33. The van der Waals surface area contributed by atoms with Gasteiger partial charge in [0.1, 0.15) is 85.0 Å². The van der Waals surface area contributed by atoms with Gasteiger partial charge < -0.3 is 143 Å². The Bertz CT molecular complexity index is 3200. The molecule has 576 valence electrons. The molecule has 0 amide bonds. The van der Waals surface area contributed by atoms with E-state index in [0.29, 0.717) is 31.2 Å². The molecule has 0 unspecified atom stereocenters. The average molecular weight is 1460 g/mol. The van der Waals surface area contributed by atoms with E-state index >= 15 is 4.79 Å². The Balaban J connectivity index is 0.913. The Kier molecular flexibility index (Phi) is 22.8. The average Bonchev–Trinajstić information content (AvgIpc) is 0.708. The number of hydrogen-bond donors (Lipinski definition) is 15. The lowest BCUT2D eigenvalue weighted by Crippen LogP contribution is -2.71. The molecule has 0 spiro atoms. The SMILES string of the molecule is COc1cc(C=CC(=O)O[C@@H]2[C@H](O)[C@@H](O[C@@H]3O[C@@H](C)[C@H](O[C@@H]4OC[C@@H](O)[C@H](O)[C@H]4O)[C@@H](O[C@@H]4OC[C@](O)(CO)[C@H]4O)[C@H]3O)[C@H](OC(=O)[C@]34CCC(C)(C)C[C@H]3C3=CC[C@@H]5[C@@]6(C)C[C@H](O)[C@H](O[C@@H]7O[C@H](CO)[C@@H](O)[C@H](O)[C@H]7O)[C@@](C)(C(=O)O)[C@@H]6CC[C@@]5(C)[C@]3(CO)CC4)O[C@@H]2C)cc(OC)c1OC. The van der Waals surface area contributed by atoms with Crippen LogP contribution in [0.5, 0.6) is 17.2 Å². The lowest BCUT2D eigenvalue weighted by molar-refractivity contribution is -0.384. The molecule has 5 aliphatic carbocycles. The number of allylic oxidation sites excluding steroid dienone is 1. The predicted octanol–water partition coefficient (Wildman–Crippen LogP) is -1.58. The Hall–Kier alpha value is -4.41. The van der Waals surface area contributed by atoms with Gasteiger partial charge in [0.25, 0.3) is 0 Å². The van der Waals surface area contributed by atoms with Crippen molar-refractivity contribution < 1.29 is 157 Å². The molecule has 10 aliphatic rings. The maximum absolute atomic E-state index is 16.1. The minimum Gasteiger partial charge on any atom is -0.493 e. The molecule has 15 N–H and O–H groups in total. The summed E-state index contributed by atoms with van der Waals surface area (Å²) in [6, 6.07) is 3.13. The second-order valence-electron chi connectivity index (χ2n) is 31.3. The monoisotopic (exact) mass is 1460 g/mol. The summed E-state index contributed by atoms with van der Waals surface area (Å²) < 4.78 is 83.7. The summed E-state index contributed by atoms with van der Waals surface area (Å²) in [5, 5.41) is 168. The van der Waals surface area contributed by atoms with Gasteiger partial charge >= 0.3 is 17.9 Å². The van der Waals surface area contributed by atoms with E-state index in [0.717, 1.165) is 11.6 Å². The van der Waals surface area contributed by atoms with E-state index in [-0.39, 0.29) is 56.0 Å². The number of carbonyl (C=O) groups excluding carboxylic acids is 2. The molecule has 32 atom stereocenters. The lowest BCUT2D eigenvalue weighted by Gasteiger charge is -2.71. The standard InChI is InChI=1S/C70H104O32/c1-30-50(97-42(76)14-11-32-21-37(89-8)52(91-10)38(22-32)90-9)48(82)54(100-59-49(83)53(99-61-55(84)70(88,28-73)29-93-61)51(31(2)94-59)98-57-46(80)43(77)36(75)26-92-57)60(95-30)102-63(87)68-18-17-64(3,4)23-34(68)33-12-13-40-65(5)24-35(74)56(101-58-47(81)45(79)44(78)39(25-71)96-58)67(7,62(85)86)41(65)15-16-66(40,6)69(33,27-72)20-19-68/h11-12,14,21-22,30-31,34-36,39-41,43-51,53-61,71-75,77-84,88H,13,15-20,23-29H2,1-10H3,(H,85,86)/t30-,31+,34+,35+,36-,39-,40-,41-,43+,44-,45+,46-,47-,48+,49-,50+,51+,53+,54-,55+,56+,57+,58+,59+,60+,61+,65-,66-,67+,68+,69+,70-/m1/s1. The number of carboxylic acids is 1. The van der Waals surface area contributed by atoms with E-state index in [1.807, 2.05) is 6.92 Å². The summed E-state index contributed by atoms with van der Waals surface area (Å²) in [5.41, 5.74) is -7.50. The second-order valence-corrected chi connectivity index (χ2v) is 31.3. The third-order valence-corrected chi connectivity index (χ3v) is 25.1. The second kappa shape index (κ2) is 29.6. The topological polar surface area (TPSA) is 484 Å². The third kappa shape index (κ3) is 13.3. The number of benzene rings is 1. The molecule has 0 aromatic heterocycles. The first kappa shape index (κ1) is 78.7.